The van der Waals surface area contributed by atoms with E-state index in [-0.39, 0.29) is 11.4 Å². The van der Waals surface area contributed by atoms with Crippen LogP contribution in [0, 0.1) is 0 Å². The molecule has 124 valence electrons. The van der Waals surface area contributed by atoms with Crippen LogP contribution in [0.5, 0.6) is 0 Å². The van der Waals surface area contributed by atoms with Gasteiger partial charge in [0.25, 0.3) is 0 Å². The minimum Gasteiger partial charge on any atom is -0.241 e. The molecule has 24 heavy (non-hydrogen) atoms. The van der Waals surface area contributed by atoms with Crippen molar-refractivity contribution >= 4 is 26.0 Å². The van der Waals surface area contributed by atoms with Crippen molar-refractivity contribution in [2.24, 2.45) is 0 Å². The van der Waals surface area contributed by atoms with Gasteiger partial charge in [-0.3, -0.25) is 0 Å². The highest BCUT2D eigenvalue weighted by Gasteiger charge is 2.21. The van der Waals surface area contributed by atoms with E-state index in [1.165, 1.54) is 4.31 Å². The van der Waals surface area contributed by atoms with E-state index in [4.69, 9.17) is 0 Å². The summed E-state index contributed by atoms with van der Waals surface area (Å²) in [6, 6.07) is 16.3. The number of benzene rings is 2. The summed E-state index contributed by atoms with van der Waals surface area (Å²) in [6.45, 7) is 0.255. The summed E-state index contributed by atoms with van der Waals surface area (Å²) in [7, 11) is -1.97. The molecule has 1 aromatic heterocycles. The van der Waals surface area contributed by atoms with E-state index in [9.17, 15) is 8.42 Å². The second-order valence-electron chi connectivity index (χ2n) is 5.34. The highest BCUT2D eigenvalue weighted by atomic mass is 79.9. The lowest BCUT2D eigenvalue weighted by Gasteiger charge is -2.16. The molecule has 1 heterocycles. The molecule has 0 aliphatic rings. The fourth-order valence-corrected chi connectivity index (χ4v) is 3.72. The van der Waals surface area contributed by atoms with Gasteiger partial charge in [0.2, 0.25) is 10.0 Å². The molecule has 0 atom stereocenters. The Bertz CT molecular complexity index is 922. The molecule has 0 fully saturated rings. The predicted molar refractivity (Wildman–Crippen MR) is 96.4 cm³/mol. The Hall–Kier alpha value is -1.96. The second kappa shape index (κ2) is 6.88. The maximum atomic E-state index is 12.6. The van der Waals surface area contributed by atoms with Crippen LogP contribution < -0.4 is 0 Å². The first-order valence-electron chi connectivity index (χ1n) is 7.28. The Morgan fingerprint density at radius 2 is 1.75 bits per heavy atom. The van der Waals surface area contributed by atoms with Crippen molar-refractivity contribution in [1.82, 2.24) is 14.1 Å². The number of rotatable bonds is 5. The van der Waals surface area contributed by atoms with Crippen LogP contribution in [0.15, 0.2) is 76.4 Å². The monoisotopic (exact) mass is 405 g/mol. The van der Waals surface area contributed by atoms with Crippen LogP contribution in [0.25, 0.3) is 5.69 Å². The van der Waals surface area contributed by atoms with Crippen LogP contribution in [-0.4, -0.2) is 29.6 Å². The highest BCUT2D eigenvalue weighted by molar-refractivity contribution is 9.10. The summed E-state index contributed by atoms with van der Waals surface area (Å²) in [5.74, 6) is 0. The van der Waals surface area contributed by atoms with Gasteiger partial charge in [-0.15, -0.1) is 0 Å². The van der Waals surface area contributed by atoms with E-state index in [2.05, 4.69) is 21.0 Å². The first-order chi connectivity index (χ1) is 11.5. The third-order valence-corrected chi connectivity index (χ3v) is 5.93. The van der Waals surface area contributed by atoms with Gasteiger partial charge in [-0.25, -0.2) is 13.1 Å². The Balaban J connectivity index is 1.78. The molecule has 0 radical (unpaired) electrons. The summed E-state index contributed by atoms with van der Waals surface area (Å²) < 4.78 is 29.1. The van der Waals surface area contributed by atoms with Crippen molar-refractivity contribution in [2.45, 2.75) is 11.4 Å². The van der Waals surface area contributed by atoms with Crippen LogP contribution in [0.3, 0.4) is 0 Å². The molecule has 2 aromatic carbocycles. The second-order valence-corrected chi connectivity index (χ2v) is 8.30. The zero-order chi connectivity index (χ0) is 17.2. The molecule has 5 nitrogen and oxygen atoms in total. The molecule has 0 unspecified atom stereocenters. The number of hydrogen-bond acceptors (Lipinski definition) is 3. The van der Waals surface area contributed by atoms with Crippen molar-refractivity contribution in [3.05, 3.63) is 77.0 Å². The van der Waals surface area contributed by atoms with Gasteiger partial charge >= 0.3 is 0 Å². The fourth-order valence-electron chi connectivity index (χ4n) is 2.29. The van der Waals surface area contributed by atoms with Gasteiger partial charge in [-0.2, -0.15) is 9.40 Å². The standard InChI is InChI=1S/C17H16BrN3O2S/c1-20(24(22,23)17-9-7-15(18)8-10-17)12-14-11-19-21(13-14)16-5-3-2-4-6-16/h2-11,13H,12H2,1H3. The lowest BCUT2D eigenvalue weighted by atomic mass is 10.3. The number of hydrogen-bond donors (Lipinski definition) is 0. The Morgan fingerprint density at radius 3 is 2.42 bits per heavy atom. The molecule has 0 N–H and O–H groups in total. The summed E-state index contributed by atoms with van der Waals surface area (Å²) in [4.78, 5) is 0.267. The van der Waals surface area contributed by atoms with Crippen molar-refractivity contribution < 1.29 is 8.42 Å². The van der Waals surface area contributed by atoms with E-state index >= 15 is 0 Å². The predicted octanol–water partition coefficient (Wildman–Crippen LogP) is 3.46. The molecule has 0 saturated heterocycles. The first kappa shape index (κ1) is 16.9. The molecule has 7 heteroatoms. The summed E-state index contributed by atoms with van der Waals surface area (Å²) in [6.07, 6.45) is 3.52. The van der Waals surface area contributed by atoms with Crippen molar-refractivity contribution in [2.75, 3.05) is 7.05 Å². The van der Waals surface area contributed by atoms with Crippen LogP contribution in [0.4, 0.5) is 0 Å². The Kier molecular flexibility index (Phi) is 4.84. The summed E-state index contributed by atoms with van der Waals surface area (Å²) >= 11 is 3.31. The average molecular weight is 406 g/mol. The molecule has 0 spiro atoms. The van der Waals surface area contributed by atoms with Gasteiger partial charge in [0, 0.05) is 29.8 Å². The minimum absolute atomic E-state index is 0.255. The molecular formula is C17H16BrN3O2S. The lowest BCUT2D eigenvalue weighted by molar-refractivity contribution is 0.466. The maximum Gasteiger partial charge on any atom is 0.243 e. The van der Waals surface area contributed by atoms with Crippen molar-refractivity contribution in [1.29, 1.82) is 0 Å². The SMILES string of the molecule is CN(Cc1cnn(-c2ccccc2)c1)S(=O)(=O)c1ccc(Br)cc1. The lowest BCUT2D eigenvalue weighted by Crippen LogP contribution is -2.26. The number of nitrogens with zero attached hydrogens (tertiary/aromatic N) is 3. The molecule has 3 rings (SSSR count). The highest BCUT2D eigenvalue weighted by Crippen LogP contribution is 2.19. The number of aromatic nitrogens is 2. The van der Waals surface area contributed by atoms with Crippen LogP contribution in [0.2, 0.25) is 0 Å². The third kappa shape index (κ3) is 3.58. The number of halogens is 1. The Morgan fingerprint density at radius 1 is 1.08 bits per heavy atom. The molecule has 3 aromatic rings. The normalized spacial score (nSPS) is 11.8. The van der Waals surface area contributed by atoms with Gasteiger partial charge in [-0.05, 0) is 36.4 Å². The smallest absolute Gasteiger partial charge is 0.241 e. The largest absolute Gasteiger partial charge is 0.243 e. The van der Waals surface area contributed by atoms with Crippen LogP contribution in [0.1, 0.15) is 5.56 Å². The zero-order valence-corrected chi connectivity index (χ0v) is 15.4. The zero-order valence-electron chi connectivity index (χ0n) is 13.0. The van der Waals surface area contributed by atoms with Crippen molar-refractivity contribution in [3.63, 3.8) is 0 Å². The van der Waals surface area contributed by atoms with Gasteiger partial charge in [0.1, 0.15) is 0 Å². The molecule has 0 aliphatic heterocycles. The summed E-state index contributed by atoms with van der Waals surface area (Å²) in [5.41, 5.74) is 1.75. The van der Waals surface area contributed by atoms with E-state index in [1.54, 1.807) is 42.2 Å². The molecular weight excluding hydrogens is 390 g/mol. The maximum absolute atomic E-state index is 12.6. The van der Waals surface area contributed by atoms with Crippen LogP contribution in [-0.2, 0) is 16.6 Å². The third-order valence-electron chi connectivity index (χ3n) is 3.58. The van der Waals surface area contributed by atoms with Crippen molar-refractivity contribution in [3.8, 4) is 5.69 Å². The number of sulfonamides is 1. The minimum atomic E-state index is -3.53. The molecule has 0 saturated carbocycles. The molecule has 0 amide bonds. The van der Waals surface area contributed by atoms with E-state index in [0.29, 0.717) is 0 Å². The van der Waals surface area contributed by atoms with Gasteiger partial charge in [0.05, 0.1) is 16.8 Å². The average Bonchev–Trinajstić information content (AvgIpc) is 3.04. The Labute approximate surface area is 149 Å². The van der Waals surface area contributed by atoms with Crippen LogP contribution >= 0.6 is 15.9 Å². The quantitative estimate of drug-likeness (QED) is 0.652. The van der Waals surface area contributed by atoms with E-state index < -0.39 is 10.0 Å². The van der Waals surface area contributed by atoms with Gasteiger partial charge in [0.15, 0.2) is 0 Å². The summed E-state index contributed by atoms with van der Waals surface area (Å²) in [5, 5.41) is 4.29. The molecule has 0 bridgehead atoms. The van der Waals surface area contributed by atoms with Gasteiger partial charge in [-0.1, -0.05) is 34.1 Å². The van der Waals surface area contributed by atoms with Gasteiger partial charge < -0.3 is 0 Å². The van der Waals surface area contributed by atoms with E-state index in [1.807, 2.05) is 36.5 Å². The topological polar surface area (TPSA) is 55.2 Å². The molecule has 0 aliphatic carbocycles. The fraction of sp³-hybridized carbons (Fsp3) is 0.118. The number of para-hydroxylation sites is 1. The first-order valence-corrected chi connectivity index (χ1v) is 9.51. The van der Waals surface area contributed by atoms with E-state index in [0.717, 1.165) is 15.7 Å².